The molecular weight excluding hydrogens is 205 g/mol. The average Bonchev–Trinajstić information content (AvgIpc) is 2.29. The Morgan fingerprint density at radius 1 is 1.44 bits per heavy atom. The topological polar surface area (TPSA) is 19.4 Å². The lowest BCUT2D eigenvalue weighted by molar-refractivity contribution is 0.257. The van der Waals surface area contributed by atoms with E-state index in [-0.39, 0.29) is 0 Å². The van der Waals surface area contributed by atoms with Crippen LogP contribution >= 0.6 is 0 Å². The molecule has 2 rings (SSSR count). The van der Waals surface area contributed by atoms with Crippen molar-refractivity contribution in [2.75, 3.05) is 32.1 Å². The molecule has 0 aliphatic carbocycles. The van der Waals surface area contributed by atoms with Crippen molar-refractivity contribution in [1.82, 2.24) is 9.88 Å². The van der Waals surface area contributed by atoms with Gasteiger partial charge in [-0.25, -0.2) is 4.98 Å². The maximum Gasteiger partial charge on any atom is 0.214 e. The van der Waals surface area contributed by atoms with Crippen LogP contribution in [-0.4, -0.2) is 43.1 Å². The Balaban J connectivity index is 2.09. The van der Waals surface area contributed by atoms with E-state index in [2.05, 4.69) is 28.9 Å². The van der Waals surface area contributed by atoms with Gasteiger partial charge in [-0.1, -0.05) is 6.07 Å². The van der Waals surface area contributed by atoms with Gasteiger partial charge in [0, 0.05) is 19.1 Å². The number of piperidine rings is 1. The lowest BCUT2D eigenvalue weighted by Crippen LogP contribution is -2.45. The van der Waals surface area contributed by atoms with Gasteiger partial charge in [-0.2, -0.15) is 4.39 Å². The van der Waals surface area contributed by atoms with Gasteiger partial charge in [0.1, 0.15) is 5.82 Å². The number of anilines is 1. The molecule has 1 aromatic heterocycles. The molecule has 16 heavy (non-hydrogen) atoms. The number of nitrogens with zero attached hydrogens (tertiary/aromatic N) is 3. The number of hydrogen-bond acceptors (Lipinski definition) is 3. The van der Waals surface area contributed by atoms with Crippen molar-refractivity contribution in [3.63, 3.8) is 0 Å². The second-order valence-corrected chi connectivity index (χ2v) is 4.52. The molecule has 0 saturated carbocycles. The van der Waals surface area contributed by atoms with E-state index in [0.717, 1.165) is 25.3 Å². The van der Waals surface area contributed by atoms with E-state index < -0.39 is 5.95 Å². The number of likely N-dealkylation sites (N-methyl/N-ethyl adjacent to an activating group) is 1. The second-order valence-electron chi connectivity index (χ2n) is 4.52. The van der Waals surface area contributed by atoms with Crippen LogP contribution < -0.4 is 4.90 Å². The van der Waals surface area contributed by atoms with E-state index in [1.54, 1.807) is 6.07 Å². The smallest absolute Gasteiger partial charge is 0.214 e. The highest BCUT2D eigenvalue weighted by molar-refractivity contribution is 5.38. The van der Waals surface area contributed by atoms with Crippen LogP contribution in [0.1, 0.15) is 12.8 Å². The van der Waals surface area contributed by atoms with E-state index in [1.807, 2.05) is 6.07 Å². The summed E-state index contributed by atoms with van der Waals surface area (Å²) < 4.78 is 13.0. The van der Waals surface area contributed by atoms with E-state index in [0.29, 0.717) is 6.04 Å². The first-order chi connectivity index (χ1) is 7.66. The van der Waals surface area contributed by atoms with Crippen molar-refractivity contribution >= 4 is 5.82 Å². The van der Waals surface area contributed by atoms with Crippen molar-refractivity contribution in [1.29, 1.82) is 0 Å². The molecule has 2 heterocycles. The Hall–Kier alpha value is -1.16. The molecular formula is C12H18FN3. The Bertz CT molecular complexity index is 354. The molecule has 3 nitrogen and oxygen atoms in total. The fourth-order valence-electron chi connectivity index (χ4n) is 2.16. The maximum absolute atomic E-state index is 13.0. The molecule has 0 bridgehead atoms. The quantitative estimate of drug-likeness (QED) is 0.712. The van der Waals surface area contributed by atoms with Gasteiger partial charge in [0.2, 0.25) is 5.95 Å². The van der Waals surface area contributed by atoms with Crippen LogP contribution in [0.3, 0.4) is 0 Å². The van der Waals surface area contributed by atoms with Crippen molar-refractivity contribution in [3.05, 3.63) is 24.1 Å². The van der Waals surface area contributed by atoms with Crippen LogP contribution in [0.4, 0.5) is 10.2 Å². The van der Waals surface area contributed by atoms with Gasteiger partial charge in [0.15, 0.2) is 0 Å². The molecule has 1 aliphatic rings. The van der Waals surface area contributed by atoms with Gasteiger partial charge in [-0.3, -0.25) is 0 Å². The summed E-state index contributed by atoms with van der Waals surface area (Å²) in [6.07, 6.45) is 2.35. The third-order valence-electron chi connectivity index (χ3n) is 3.15. The molecule has 0 spiro atoms. The monoisotopic (exact) mass is 223 g/mol. The molecule has 0 amide bonds. The molecule has 1 fully saturated rings. The summed E-state index contributed by atoms with van der Waals surface area (Å²) in [5.41, 5.74) is 0. The van der Waals surface area contributed by atoms with Crippen LogP contribution in [0, 0.1) is 5.95 Å². The summed E-state index contributed by atoms with van der Waals surface area (Å²) in [7, 11) is 4.18. The van der Waals surface area contributed by atoms with Crippen LogP contribution in [0.2, 0.25) is 0 Å². The second kappa shape index (κ2) is 4.78. The average molecular weight is 223 g/mol. The van der Waals surface area contributed by atoms with Gasteiger partial charge in [0.25, 0.3) is 0 Å². The predicted molar refractivity (Wildman–Crippen MR) is 63.1 cm³/mol. The van der Waals surface area contributed by atoms with Crippen molar-refractivity contribution in [3.8, 4) is 0 Å². The number of pyridine rings is 1. The van der Waals surface area contributed by atoms with Crippen LogP contribution in [0.5, 0.6) is 0 Å². The highest BCUT2D eigenvalue weighted by Gasteiger charge is 2.22. The number of hydrogen-bond donors (Lipinski definition) is 0. The van der Waals surface area contributed by atoms with Crippen molar-refractivity contribution < 1.29 is 4.39 Å². The molecule has 1 aliphatic heterocycles. The summed E-state index contributed by atoms with van der Waals surface area (Å²) in [5, 5.41) is 0. The third-order valence-corrected chi connectivity index (χ3v) is 3.15. The van der Waals surface area contributed by atoms with E-state index >= 15 is 0 Å². The first kappa shape index (κ1) is 11.3. The van der Waals surface area contributed by atoms with Crippen LogP contribution in [-0.2, 0) is 0 Å². The molecule has 88 valence electrons. The molecule has 1 saturated heterocycles. The fourth-order valence-corrected chi connectivity index (χ4v) is 2.16. The summed E-state index contributed by atoms with van der Waals surface area (Å²) in [4.78, 5) is 8.32. The summed E-state index contributed by atoms with van der Waals surface area (Å²) in [5.74, 6) is 0.357. The Morgan fingerprint density at radius 2 is 2.25 bits per heavy atom. The minimum Gasteiger partial charge on any atom is -0.355 e. The fraction of sp³-hybridized carbons (Fsp3) is 0.583. The van der Waals surface area contributed by atoms with Crippen LogP contribution in [0.15, 0.2) is 18.2 Å². The van der Waals surface area contributed by atoms with E-state index in [4.69, 9.17) is 0 Å². The normalized spacial score (nSPS) is 21.5. The largest absolute Gasteiger partial charge is 0.355 e. The highest BCUT2D eigenvalue weighted by Crippen LogP contribution is 2.19. The Labute approximate surface area is 95.9 Å². The molecule has 0 aromatic carbocycles. The SMILES string of the molecule is CN(C)C1CCCN(c2cccc(F)n2)C1. The minimum absolute atomic E-state index is 0.399. The first-order valence-corrected chi connectivity index (χ1v) is 5.71. The standard InChI is InChI=1S/C12H18FN3/c1-15(2)10-5-4-8-16(9-10)12-7-3-6-11(13)14-12/h3,6-7,10H,4-5,8-9H2,1-2H3. The zero-order valence-corrected chi connectivity index (χ0v) is 9.86. The summed E-state index contributed by atoms with van der Waals surface area (Å²) >= 11 is 0. The lowest BCUT2D eigenvalue weighted by atomic mass is 10.1. The number of halogens is 1. The highest BCUT2D eigenvalue weighted by atomic mass is 19.1. The number of aromatic nitrogens is 1. The van der Waals surface area contributed by atoms with Gasteiger partial charge in [-0.05, 0) is 39.1 Å². The molecule has 1 aromatic rings. The molecule has 1 atom stereocenters. The van der Waals surface area contributed by atoms with Crippen molar-refractivity contribution in [2.45, 2.75) is 18.9 Å². The maximum atomic E-state index is 13.0. The lowest BCUT2D eigenvalue weighted by Gasteiger charge is -2.36. The molecule has 4 heteroatoms. The predicted octanol–water partition coefficient (Wildman–Crippen LogP) is 1.75. The third kappa shape index (κ3) is 2.50. The molecule has 1 unspecified atom stereocenters. The zero-order chi connectivity index (χ0) is 11.5. The zero-order valence-electron chi connectivity index (χ0n) is 9.86. The van der Waals surface area contributed by atoms with E-state index in [1.165, 1.54) is 12.5 Å². The van der Waals surface area contributed by atoms with E-state index in [9.17, 15) is 4.39 Å². The Morgan fingerprint density at radius 3 is 2.94 bits per heavy atom. The van der Waals surface area contributed by atoms with Gasteiger partial charge < -0.3 is 9.80 Å². The van der Waals surface area contributed by atoms with Gasteiger partial charge >= 0.3 is 0 Å². The summed E-state index contributed by atoms with van der Waals surface area (Å²) in [6, 6.07) is 5.52. The Kier molecular flexibility index (Phi) is 3.39. The van der Waals surface area contributed by atoms with Crippen molar-refractivity contribution in [2.24, 2.45) is 0 Å². The minimum atomic E-state index is -0.399. The molecule has 0 N–H and O–H groups in total. The van der Waals surface area contributed by atoms with Gasteiger partial charge in [-0.15, -0.1) is 0 Å². The first-order valence-electron chi connectivity index (χ1n) is 5.71. The summed E-state index contributed by atoms with van der Waals surface area (Å²) in [6.45, 7) is 1.91. The number of rotatable bonds is 2. The van der Waals surface area contributed by atoms with Gasteiger partial charge in [0.05, 0.1) is 0 Å². The van der Waals surface area contributed by atoms with Crippen LogP contribution in [0.25, 0.3) is 0 Å². The molecule has 0 radical (unpaired) electrons.